The highest BCUT2D eigenvalue weighted by molar-refractivity contribution is 5.98. The van der Waals surface area contributed by atoms with Crippen molar-refractivity contribution in [3.8, 4) is 5.75 Å². The van der Waals surface area contributed by atoms with E-state index in [2.05, 4.69) is 4.98 Å². The molecular formula is C26H30N4O5. The lowest BCUT2D eigenvalue weighted by Crippen LogP contribution is -2.45. The minimum absolute atomic E-state index is 0.0515. The molecule has 35 heavy (non-hydrogen) atoms. The molecule has 3 N–H and O–H groups in total. The number of nitrogen functional groups attached to an aromatic ring is 1. The van der Waals surface area contributed by atoms with Crippen LogP contribution in [0.4, 0.5) is 11.5 Å². The summed E-state index contributed by atoms with van der Waals surface area (Å²) in [7, 11) is 0. The smallest absolute Gasteiger partial charge is 0.330 e. The van der Waals surface area contributed by atoms with E-state index in [0.29, 0.717) is 24.3 Å². The lowest BCUT2D eigenvalue weighted by molar-refractivity contribution is -0.124. The summed E-state index contributed by atoms with van der Waals surface area (Å²) in [6.07, 6.45) is 0.509. The first-order valence-electron chi connectivity index (χ1n) is 11.5. The molecule has 2 aromatic carbocycles. The summed E-state index contributed by atoms with van der Waals surface area (Å²) in [6.45, 7) is 5.37. The van der Waals surface area contributed by atoms with Gasteiger partial charge in [0.05, 0.1) is 6.54 Å². The van der Waals surface area contributed by atoms with E-state index in [-0.39, 0.29) is 23.8 Å². The second-order valence-corrected chi connectivity index (χ2v) is 8.25. The fourth-order valence-corrected chi connectivity index (χ4v) is 3.65. The van der Waals surface area contributed by atoms with Crippen LogP contribution in [0, 0.1) is 0 Å². The van der Waals surface area contributed by atoms with Gasteiger partial charge in [0, 0.05) is 12.1 Å². The highest BCUT2D eigenvalue weighted by atomic mass is 16.5. The van der Waals surface area contributed by atoms with E-state index < -0.39 is 23.3 Å². The van der Waals surface area contributed by atoms with Crippen LogP contribution in [0.1, 0.15) is 49.5 Å². The minimum atomic E-state index is -0.989. The molecule has 0 fully saturated rings. The fraction of sp³-hybridized carbons (Fsp3) is 0.308. The van der Waals surface area contributed by atoms with E-state index in [1.807, 2.05) is 37.3 Å². The van der Waals surface area contributed by atoms with Gasteiger partial charge in [-0.15, -0.1) is 0 Å². The van der Waals surface area contributed by atoms with Gasteiger partial charge in [0.1, 0.15) is 11.6 Å². The van der Waals surface area contributed by atoms with Crippen molar-refractivity contribution in [3.63, 3.8) is 0 Å². The Labute approximate surface area is 203 Å². The fourth-order valence-electron chi connectivity index (χ4n) is 3.65. The average molecular weight is 479 g/mol. The Kier molecular flexibility index (Phi) is 8.25. The van der Waals surface area contributed by atoms with Gasteiger partial charge in [0.25, 0.3) is 11.5 Å². The normalized spacial score (nSPS) is 11.6. The largest absolute Gasteiger partial charge is 0.481 e. The molecule has 0 saturated carbocycles. The number of nitrogens with two attached hydrogens (primary N) is 1. The van der Waals surface area contributed by atoms with Gasteiger partial charge in [-0.1, -0.05) is 43.7 Å². The number of nitrogens with zero attached hydrogens (tertiary/aromatic N) is 2. The number of ketones is 1. The van der Waals surface area contributed by atoms with Crippen LogP contribution in [0.25, 0.3) is 0 Å². The summed E-state index contributed by atoms with van der Waals surface area (Å²) >= 11 is 0. The number of unbranched alkanes of at least 4 members (excludes halogenated alkanes) is 1. The van der Waals surface area contributed by atoms with Crippen molar-refractivity contribution in [2.45, 2.75) is 52.8 Å². The molecule has 1 unspecified atom stereocenters. The maximum atomic E-state index is 13.6. The lowest BCUT2D eigenvalue weighted by Gasteiger charge is -2.27. The van der Waals surface area contributed by atoms with Gasteiger partial charge in [-0.2, -0.15) is 0 Å². The van der Waals surface area contributed by atoms with Crippen molar-refractivity contribution in [3.05, 3.63) is 86.6 Å². The van der Waals surface area contributed by atoms with Gasteiger partial charge in [-0.05, 0) is 50.1 Å². The van der Waals surface area contributed by atoms with Crippen molar-refractivity contribution >= 4 is 23.2 Å². The van der Waals surface area contributed by atoms with Crippen LogP contribution in [0.15, 0.2) is 64.2 Å². The number of carbonyl (C=O) groups is 2. The average Bonchev–Trinajstić information content (AvgIpc) is 2.83. The number of ether oxygens (including phenoxy) is 1. The summed E-state index contributed by atoms with van der Waals surface area (Å²) in [5.74, 6) is -0.273. The second kappa shape index (κ2) is 11.3. The molecule has 1 amide bonds. The van der Waals surface area contributed by atoms with E-state index in [1.165, 1.54) is 16.4 Å². The standard InChI is InChI=1S/C26H30N4O5/c1-4-5-15-29-23(27)22(24(32)28-26(29)34)30(16-19-9-7-6-8-10-19)25(33)18(3)35-21-13-11-20(12-14-21)17(2)31/h6-14,18H,4-5,15-16,27H2,1-3H3,(H,28,32,34). The van der Waals surface area contributed by atoms with Crippen molar-refractivity contribution < 1.29 is 14.3 Å². The molecule has 9 heteroatoms. The summed E-state index contributed by atoms with van der Waals surface area (Å²) in [4.78, 5) is 53.9. The Balaban J connectivity index is 2.00. The predicted octanol–water partition coefficient (Wildman–Crippen LogP) is 3.12. The van der Waals surface area contributed by atoms with E-state index in [4.69, 9.17) is 10.5 Å². The first-order chi connectivity index (χ1) is 16.7. The summed E-state index contributed by atoms with van der Waals surface area (Å²) < 4.78 is 7.10. The summed E-state index contributed by atoms with van der Waals surface area (Å²) in [5.41, 5.74) is 6.12. The van der Waals surface area contributed by atoms with Gasteiger partial charge in [-0.25, -0.2) is 4.79 Å². The first kappa shape index (κ1) is 25.5. The maximum Gasteiger partial charge on any atom is 0.330 e. The minimum Gasteiger partial charge on any atom is -0.481 e. The first-order valence-corrected chi connectivity index (χ1v) is 11.5. The van der Waals surface area contributed by atoms with Crippen LogP contribution in [-0.2, 0) is 17.9 Å². The number of benzene rings is 2. The Morgan fingerprint density at radius 1 is 1.09 bits per heavy atom. The molecule has 1 heterocycles. The number of hydrogen-bond acceptors (Lipinski definition) is 6. The number of nitrogens with one attached hydrogen (secondary N) is 1. The second-order valence-electron chi connectivity index (χ2n) is 8.25. The van der Waals surface area contributed by atoms with Gasteiger partial charge in [-0.3, -0.25) is 28.8 Å². The van der Waals surface area contributed by atoms with Crippen LogP contribution in [0.2, 0.25) is 0 Å². The molecule has 0 saturated heterocycles. The number of anilines is 2. The number of carbonyl (C=O) groups excluding carboxylic acids is 2. The molecular weight excluding hydrogens is 448 g/mol. The van der Waals surface area contributed by atoms with E-state index >= 15 is 0 Å². The molecule has 1 aromatic heterocycles. The van der Waals surface area contributed by atoms with Crippen LogP contribution >= 0.6 is 0 Å². The highest BCUT2D eigenvalue weighted by Gasteiger charge is 2.29. The number of aromatic nitrogens is 2. The number of amides is 1. The van der Waals surface area contributed by atoms with Gasteiger partial charge in [0.2, 0.25) is 0 Å². The topological polar surface area (TPSA) is 127 Å². The van der Waals surface area contributed by atoms with Crippen molar-refractivity contribution in [1.29, 1.82) is 0 Å². The van der Waals surface area contributed by atoms with Gasteiger partial charge >= 0.3 is 5.69 Å². The van der Waals surface area contributed by atoms with Crippen molar-refractivity contribution in [2.75, 3.05) is 10.6 Å². The third-order valence-corrected chi connectivity index (χ3v) is 5.59. The SMILES string of the molecule is CCCCn1c(N)c(N(Cc2ccccc2)C(=O)C(C)Oc2ccc(C(C)=O)cc2)c(=O)[nH]c1=O. The zero-order valence-corrected chi connectivity index (χ0v) is 20.1. The highest BCUT2D eigenvalue weighted by Crippen LogP contribution is 2.23. The zero-order chi connectivity index (χ0) is 25.5. The molecule has 1 atom stereocenters. The van der Waals surface area contributed by atoms with E-state index in [0.717, 1.165) is 12.0 Å². The summed E-state index contributed by atoms with van der Waals surface area (Å²) in [6, 6.07) is 15.6. The van der Waals surface area contributed by atoms with Crippen LogP contribution in [0.3, 0.4) is 0 Å². The number of hydrogen-bond donors (Lipinski definition) is 2. The Bertz CT molecular complexity index is 1300. The zero-order valence-electron chi connectivity index (χ0n) is 20.1. The molecule has 0 aliphatic carbocycles. The third-order valence-electron chi connectivity index (χ3n) is 5.59. The van der Waals surface area contributed by atoms with E-state index in [1.54, 1.807) is 31.2 Å². The predicted molar refractivity (Wildman–Crippen MR) is 135 cm³/mol. The van der Waals surface area contributed by atoms with E-state index in [9.17, 15) is 19.2 Å². The molecule has 9 nitrogen and oxygen atoms in total. The molecule has 0 radical (unpaired) electrons. The van der Waals surface area contributed by atoms with Gasteiger partial charge < -0.3 is 10.5 Å². The molecule has 184 valence electrons. The maximum absolute atomic E-state index is 13.6. The third kappa shape index (κ3) is 6.06. The molecule has 0 bridgehead atoms. The Morgan fingerprint density at radius 2 is 1.74 bits per heavy atom. The van der Waals surface area contributed by atoms with Crippen LogP contribution in [-0.4, -0.2) is 27.3 Å². The number of Topliss-reactive ketones (excluding diaryl/α,β-unsaturated/α-hetero) is 1. The van der Waals surface area contributed by atoms with Crippen LogP contribution in [0.5, 0.6) is 5.75 Å². The molecule has 3 aromatic rings. The number of rotatable bonds is 10. The Hall–Kier alpha value is -4.14. The van der Waals surface area contributed by atoms with Crippen LogP contribution < -0.4 is 26.6 Å². The molecule has 0 aliphatic heterocycles. The molecule has 0 spiro atoms. The summed E-state index contributed by atoms with van der Waals surface area (Å²) in [5, 5.41) is 0. The van der Waals surface area contributed by atoms with Gasteiger partial charge in [0.15, 0.2) is 17.6 Å². The number of aromatic amines is 1. The monoisotopic (exact) mass is 478 g/mol. The molecule has 3 rings (SSSR count). The van der Waals surface area contributed by atoms with Crippen molar-refractivity contribution in [1.82, 2.24) is 9.55 Å². The number of H-pyrrole nitrogens is 1. The lowest BCUT2D eigenvalue weighted by atomic mass is 10.1. The quantitative estimate of drug-likeness (QED) is 0.431. The Morgan fingerprint density at radius 3 is 2.34 bits per heavy atom. The van der Waals surface area contributed by atoms with Crippen molar-refractivity contribution in [2.24, 2.45) is 0 Å². The molecule has 0 aliphatic rings.